The van der Waals surface area contributed by atoms with Crippen molar-refractivity contribution in [1.29, 1.82) is 0 Å². The fraction of sp³-hybridized carbons (Fsp3) is 0.273. The maximum Gasteiger partial charge on any atom is 0.260 e. The van der Waals surface area contributed by atoms with E-state index in [4.69, 9.17) is 18.5 Å². The SMILES string of the molecule is CN(C)P1OC(c2ccccc2)(c2ccccc2)[C@@H]2OC(C)(C)O[C@H]2C(c2ccccc2)(c2ccccc2)O1. The van der Waals surface area contributed by atoms with Crippen LogP contribution >= 0.6 is 8.53 Å². The van der Waals surface area contributed by atoms with Crippen molar-refractivity contribution >= 4 is 8.53 Å². The molecule has 2 saturated heterocycles. The zero-order chi connectivity index (χ0) is 27.1. The number of rotatable bonds is 5. The Morgan fingerprint density at radius 2 is 0.795 bits per heavy atom. The summed E-state index contributed by atoms with van der Waals surface area (Å²) in [5, 5.41) is 0. The molecule has 2 fully saturated rings. The lowest BCUT2D eigenvalue weighted by molar-refractivity contribution is -0.175. The molecule has 4 aromatic carbocycles. The summed E-state index contributed by atoms with van der Waals surface area (Å²) in [6.45, 7) is 3.94. The average Bonchev–Trinajstić information content (AvgIpc) is 3.24. The quantitative estimate of drug-likeness (QED) is 0.250. The van der Waals surface area contributed by atoms with Gasteiger partial charge in [-0.15, -0.1) is 0 Å². The molecule has 0 N–H and O–H groups in total. The van der Waals surface area contributed by atoms with E-state index < -0.39 is 37.7 Å². The van der Waals surface area contributed by atoms with Crippen LogP contribution in [0, 0.1) is 0 Å². The van der Waals surface area contributed by atoms with Crippen molar-refractivity contribution in [3.63, 3.8) is 0 Å². The van der Waals surface area contributed by atoms with Gasteiger partial charge >= 0.3 is 0 Å². The lowest BCUT2D eigenvalue weighted by Crippen LogP contribution is -2.53. The Kier molecular flexibility index (Phi) is 6.93. The highest BCUT2D eigenvalue weighted by Crippen LogP contribution is 2.65. The van der Waals surface area contributed by atoms with Crippen LogP contribution in [0.5, 0.6) is 0 Å². The second kappa shape index (κ2) is 10.3. The van der Waals surface area contributed by atoms with Crippen LogP contribution in [0.25, 0.3) is 0 Å². The van der Waals surface area contributed by atoms with Crippen LogP contribution in [-0.2, 0) is 29.7 Å². The van der Waals surface area contributed by atoms with Crippen molar-refractivity contribution in [2.75, 3.05) is 14.1 Å². The second-order valence-corrected chi connectivity index (χ2v) is 12.3. The molecular weight excluding hydrogens is 505 g/mol. The first-order valence-electron chi connectivity index (χ1n) is 13.3. The summed E-state index contributed by atoms with van der Waals surface area (Å²) in [5.41, 5.74) is 1.93. The van der Waals surface area contributed by atoms with Gasteiger partial charge in [-0.1, -0.05) is 121 Å². The fourth-order valence-electron chi connectivity index (χ4n) is 5.83. The van der Waals surface area contributed by atoms with Crippen LogP contribution in [-0.4, -0.2) is 36.8 Å². The molecule has 0 saturated carbocycles. The minimum absolute atomic E-state index is 0.551. The minimum Gasteiger partial charge on any atom is -0.341 e. The van der Waals surface area contributed by atoms with Crippen molar-refractivity contribution in [1.82, 2.24) is 4.67 Å². The molecule has 200 valence electrons. The van der Waals surface area contributed by atoms with E-state index in [1.165, 1.54) is 0 Å². The fourth-order valence-corrected chi connectivity index (χ4v) is 7.32. The van der Waals surface area contributed by atoms with Crippen molar-refractivity contribution in [2.24, 2.45) is 0 Å². The molecule has 0 radical (unpaired) electrons. The summed E-state index contributed by atoms with van der Waals surface area (Å²) in [4.78, 5) is 0. The first-order chi connectivity index (χ1) is 18.9. The summed E-state index contributed by atoms with van der Waals surface area (Å²) >= 11 is 0. The van der Waals surface area contributed by atoms with E-state index in [0.29, 0.717) is 0 Å². The van der Waals surface area contributed by atoms with Gasteiger partial charge in [0, 0.05) is 0 Å². The normalized spacial score (nSPS) is 23.7. The minimum atomic E-state index is -1.61. The smallest absolute Gasteiger partial charge is 0.260 e. The number of benzene rings is 4. The van der Waals surface area contributed by atoms with E-state index in [2.05, 4.69) is 48.5 Å². The van der Waals surface area contributed by atoms with Crippen LogP contribution in [0.2, 0.25) is 0 Å². The Bertz CT molecular complexity index is 1200. The Balaban J connectivity index is 1.71. The number of hydrogen-bond acceptors (Lipinski definition) is 5. The van der Waals surface area contributed by atoms with Gasteiger partial charge < -0.3 is 18.5 Å². The third-order valence-electron chi connectivity index (χ3n) is 7.48. The van der Waals surface area contributed by atoms with E-state index >= 15 is 0 Å². The molecule has 39 heavy (non-hydrogen) atoms. The van der Waals surface area contributed by atoms with E-state index in [-0.39, 0.29) is 0 Å². The Hall–Kier alpha value is -2.89. The summed E-state index contributed by atoms with van der Waals surface area (Å²) in [6, 6.07) is 41.4. The number of ether oxygens (including phenoxy) is 2. The zero-order valence-corrected chi connectivity index (χ0v) is 23.6. The molecular formula is C33H34NO4P. The van der Waals surface area contributed by atoms with Gasteiger partial charge in [0.25, 0.3) is 8.53 Å². The van der Waals surface area contributed by atoms with Gasteiger partial charge in [0.1, 0.15) is 12.2 Å². The van der Waals surface area contributed by atoms with Crippen LogP contribution < -0.4 is 0 Å². The average molecular weight is 540 g/mol. The van der Waals surface area contributed by atoms with Crippen LogP contribution in [0.15, 0.2) is 121 Å². The van der Waals surface area contributed by atoms with Gasteiger partial charge in [-0.25, -0.2) is 4.67 Å². The molecule has 2 aliphatic rings. The standard InChI is InChI=1S/C33H34NO4P/c1-31(2)35-29-30(36-31)33(27-21-13-7-14-22-27,28-23-15-8-16-24-28)38-39(34(3)4)37-32(29,25-17-9-5-10-18-25)26-19-11-6-12-20-26/h5-24,29-30H,1-4H3/t29-,30-/m1/s1. The third-order valence-corrected chi connectivity index (χ3v) is 9.02. The molecule has 6 heteroatoms. The van der Waals surface area contributed by atoms with E-state index in [1.807, 2.05) is 105 Å². The molecule has 0 unspecified atom stereocenters. The van der Waals surface area contributed by atoms with E-state index in [1.54, 1.807) is 0 Å². The summed E-state index contributed by atoms with van der Waals surface area (Å²) in [6.07, 6.45) is -1.10. The van der Waals surface area contributed by atoms with E-state index in [0.717, 1.165) is 22.3 Å². The van der Waals surface area contributed by atoms with Crippen LogP contribution in [0.1, 0.15) is 36.1 Å². The molecule has 0 aromatic heterocycles. The van der Waals surface area contributed by atoms with Crippen LogP contribution in [0.3, 0.4) is 0 Å². The zero-order valence-electron chi connectivity index (χ0n) is 22.7. The molecule has 5 nitrogen and oxygen atoms in total. The number of nitrogens with zero attached hydrogens (tertiary/aromatic N) is 1. The predicted molar refractivity (Wildman–Crippen MR) is 154 cm³/mol. The van der Waals surface area contributed by atoms with Crippen molar-refractivity contribution < 1.29 is 18.5 Å². The lowest BCUT2D eigenvalue weighted by atomic mass is 9.72. The van der Waals surface area contributed by atoms with Gasteiger partial charge in [-0.2, -0.15) is 0 Å². The van der Waals surface area contributed by atoms with Gasteiger partial charge in [0.2, 0.25) is 0 Å². The summed E-state index contributed by atoms with van der Waals surface area (Å²) in [5.74, 6) is -0.885. The monoisotopic (exact) mass is 539 g/mol. The number of fused-ring (bicyclic) bond motifs is 1. The topological polar surface area (TPSA) is 40.2 Å². The third kappa shape index (κ3) is 4.44. The number of hydrogen-bond donors (Lipinski definition) is 0. The van der Waals surface area contributed by atoms with Crippen molar-refractivity contribution in [3.8, 4) is 0 Å². The highest BCUT2D eigenvalue weighted by molar-refractivity contribution is 7.44. The molecule has 0 spiro atoms. The second-order valence-electron chi connectivity index (χ2n) is 10.7. The molecule has 0 aliphatic carbocycles. The van der Waals surface area contributed by atoms with Gasteiger partial charge in [-0.05, 0) is 50.2 Å². The molecule has 4 aromatic rings. The Labute approximate surface area is 232 Å². The molecule has 2 atom stereocenters. The van der Waals surface area contributed by atoms with E-state index in [9.17, 15) is 0 Å². The first kappa shape index (κ1) is 26.3. The van der Waals surface area contributed by atoms with Crippen LogP contribution in [0.4, 0.5) is 0 Å². The molecule has 6 rings (SSSR count). The van der Waals surface area contributed by atoms with Crippen molar-refractivity contribution in [3.05, 3.63) is 144 Å². The summed E-state index contributed by atoms with van der Waals surface area (Å²) < 4.78 is 30.5. The first-order valence-corrected chi connectivity index (χ1v) is 14.4. The Morgan fingerprint density at radius 3 is 1.05 bits per heavy atom. The largest absolute Gasteiger partial charge is 0.341 e. The molecule has 0 bridgehead atoms. The predicted octanol–water partition coefficient (Wildman–Crippen LogP) is 7.23. The highest BCUT2D eigenvalue weighted by Gasteiger charge is 2.67. The molecule has 2 aliphatic heterocycles. The highest BCUT2D eigenvalue weighted by atomic mass is 31.2. The molecule has 2 heterocycles. The summed E-state index contributed by atoms with van der Waals surface area (Å²) in [7, 11) is 2.39. The Morgan fingerprint density at radius 1 is 0.513 bits per heavy atom. The maximum absolute atomic E-state index is 7.30. The maximum atomic E-state index is 7.30. The van der Waals surface area contributed by atoms with Gasteiger partial charge in [-0.3, -0.25) is 0 Å². The van der Waals surface area contributed by atoms with Gasteiger partial charge in [0.15, 0.2) is 17.0 Å². The molecule has 0 amide bonds. The lowest BCUT2D eigenvalue weighted by Gasteiger charge is -2.41. The van der Waals surface area contributed by atoms with Gasteiger partial charge in [0.05, 0.1) is 0 Å². The van der Waals surface area contributed by atoms with Crippen molar-refractivity contribution in [2.45, 2.75) is 43.0 Å².